The highest BCUT2D eigenvalue weighted by molar-refractivity contribution is 7.91. The second-order valence-electron chi connectivity index (χ2n) is 5.86. The Kier molecular flexibility index (Phi) is 5.22. The molecule has 118 valence electrons. The molecule has 0 aromatic carbocycles. The maximum atomic E-state index is 11.7. The van der Waals surface area contributed by atoms with Crippen LogP contribution in [0.4, 0.5) is 0 Å². The molecule has 0 spiro atoms. The molecule has 0 amide bonds. The molecule has 5 nitrogen and oxygen atoms in total. The van der Waals surface area contributed by atoms with E-state index in [-0.39, 0.29) is 11.2 Å². The third kappa shape index (κ3) is 4.41. The van der Waals surface area contributed by atoms with Crippen molar-refractivity contribution >= 4 is 9.84 Å². The summed E-state index contributed by atoms with van der Waals surface area (Å²) in [5.74, 6) is 0.587. The molecule has 2 rings (SSSR count). The largest absolute Gasteiger partial charge is 0.481 e. The molecule has 3 unspecified atom stereocenters. The number of rotatable bonds is 5. The molecule has 1 aromatic rings. The number of sulfone groups is 1. The summed E-state index contributed by atoms with van der Waals surface area (Å²) in [5.41, 5.74) is 0.935. The van der Waals surface area contributed by atoms with Gasteiger partial charge < -0.3 is 9.84 Å². The van der Waals surface area contributed by atoms with Gasteiger partial charge >= 0.3 is 0 Å². The van der Waals surface area contributed by atoms with Crippen LogP contribution in [0.1, 0.15) is 31.2 Å². The number of aromatic nitrogens is 1. The van der Waals surface area contributed by atoms with Gasteiger partial charge in [-0.2, -0.15) is 0 Å². The molecule has 1 saturated carbocycles. The SMILES string of the molecule is COc1ccc(CC(O)C2CCCC(S(C)(=O)=O)C2)cn1. The van der Waals surface area contributed by atoms with E-state index in [4.69, 9.17) is 4.74 Å². The Morgan fingerprint density at radius 1 is 1.43 bits per heavy atom. The van der Waals surface area contributed by atoms with Gasteiger partial charge in [-0.05, 0) is 30.7 Å². The molecule has 1 N–H and O–H groups in total. The van der Waals surface area contributed by atoms with Gasteiger partial charge in [-0.3, -0.25) is 0 Å². The molecular weight excluding hydrogens is 290 g/mol. The van der Waals surface area contributed by atoms with Crippen LogP contribution < -0.4 is 4.74 Å². The summed E-state index contributed by atoms with van der Waals surface area (Å²) < 4.78 is 28.4. The molecule has 21 heavy (non-hydrogen) atoms. The molecule has 1 aromatic heterocycles. The molecule has 0 bridgehead atoms. The van der Waals surface area contributed by atoms with Crippen LogP contribution in [0.15, 0.2) is 18.3 Å². The van der Waals surface area contributed by atoms with Gasteiger partial charge in [0, 0.05) is 24.9 Å². The second-order valence-corrected chi connectivity index (χ2v) is 8.18. The van der Waals surface area contributed by atoms with Crippen molar-refractivity contribution in [1.82, 2.24) is 4.98 Å². The molecule has 1 aliphatic rings. The molecule has 0 radical (unpaired) electrons. The Morgan fingerprint density at radius 2 is 2.19 bits per heavy atom. The van der Waals surface area contributed by atoms with Gasteiger partial charge in [-0.25, -0.2) is 13.4 Å². The predicted molar refractivity (Wildman–Crippen MR) is 81.1 cm³/mol. The minimum absolute atomic E-state index is 0.0422. The number of nitrogens with zero attached hydrogens (tertiary/aromatic N) is 1. The summed E-state index contributed by atoms with van der Waals surface area (Å²) >= 11 is 0. The van der Waals surface area contributed by atoms with Gasteiger partial charge in [0.05, 0.1) is 18.5 Å². The number of aliphatic hydroxyl groups is 1. The molecule has 0 saturated heterocycles. The first-order valence-corrected chi connectivity index (χ1v) is 9.21. The van der Waals surface area contributed by atoms with Crippen LogP contribution in [0.3, 0.4) is 0 Å². The zero-order valence-electron chi connectivity index (χ0n) is 12.5. The number of ether oxygens (including phenoxy) is 1. The fourth-order valence-corrected chi connectivity index (χ4v) is 4.17. The van der Waals surface area contributed by atoms with Crippen LogP contribution in [-0.2, 0) is 16.3 Å². The average Bonchev–Trinajstić information content (AvgIpc) is 2.47. The van der Waals surface area contributed by atoms with Crippen LogP contribution >= 0.6 is 0 Å². The number of aliphatic hydroxyl groups excluding tert-OH is 1. The predicted octanol–water partition coefficient (Wildman–Crippen LogP) is 1.60. The summed E-state index contributed by atoms with van der Waals surface area (Å²) in [4.78, 5) is 4.12. The van der Waals surface area contributed by atoms with E-state index in [0.717, 1.165) is 18.4 Å². The van der Waals surface area contributed by atoms with E-state index in [2.05, 4.69) is 4.98 Å². The highest BCUT2D eigenvalue weighted by Crippen LogP contribution is 2.31. The van der Waals surface area contributed by atoms with E-state index in [1.54, 1.807) is 19.4 Å². The Bertz CT molecular complexity index is 556. The quantitative estimate of drug-likeness (QED) is 0.893. The van der Waals surface area contributed by atoms with Gasteiger partial charge in [0.2, 0.25) is 5.88 Å². The van der Waals surface area contributed by atoms with E-state index in [1.165, 1.54) is 6.26 Å². The number of methoxy groups -OCH3 is 1. The Balaban J connectivity index is 1.97. The molecule has 1 aliphatic carbocycles. The van der Waals surface area contributed by atoms with Crippen molar-refractivity contribution in [3.05, 3.63) is 23.9 Å². The van der Waals surface area contributed by atoms with Crippen LogP contribution in [0, 0.1) is 5.92 Å². The summed E-state index contributed by atoms with van der Waals surface area (Å²) in [6.45, 7) is 0. The van der Waals surface area contributed by atoms with Gasteiger partial charge in [-0.1, -0.05) is 12.5 Å². The molecule has 1 heterocycles. The lowest BCUT2D eigenvalue weighted by molar-refractivity contribution is 0.0858. The lowest BCUT2D eigenvalue weighted by atomic mass is 9.83. The highest BCUT2D eigenvalue weighted by Gasteiger charge is 2.32. The maximum Gasteiger partial charge on any atom is 0.212 e. The van der Waals surface area contributed by atoms with Crippen LogP contribution in [-0.4, -0.2) is 43.2 Å². The first-order valence-electron chi connectivity index (χ1n) is 7.26. The molecule has 6 heteroatoms. The van der Waals surface area contributed by atoms with Crippen LogP contribution in [0.5, 0.6) is 5.88 Å². The summed E-state index contributed by atoms with van der Waals surface area (Å²) in [5, 5.41) is 10.1. The molecule has 1 fully saturated rings. The third-order valence-electron chi connectivity index (χ3n) is 4.27. The van der Waals surface area contributed by atoms with Crippen molar-refractivity contribution < 1.29 is 18.3 Å². The fourth-order valence-electron chi connectivity index (χ4n) is 2.98. The van der Waals surface area contributed by atoms with Crippen LogP contribution in [0.25, 0.3) is 0 Å². The van der Waals surface area contributed by atoms with E-state index in [0.29, 0.717) is 25.1 Å². The molecule has 0 aliphatic heterocycles. The Hall–Kier alpha value is -1.14. The lowest BCUT2D eigenvalue weighted by Crippen LogP contribution is -2.34. The standard InChI is InChI=1S/C15H23NO4S/c1-20-15-7-6-11(10-16-15)8-14(17)12-4-3-5-13(9-12)21(2,18)19/h6-7,10,12-14,17H,3-5,8-9H2,1-2H3. The lowest BCUT2D eigenvalue weighted by Gasteiger charge is -2.31. The van der Waals surface area contributed by atoms with Crippen molar-refractivity contribution in [2.45, 2.75) is 43.5 Å². The Labute approximate surface area is 126 Å². The molecule has 3 atom stereocenters. The normalized spacial score (nSPS) is 24.5. The van der Waals surface area contributed by atoms with Crippen molar-refractivity contribution in [2.75, 3.05) is 13.4 Å². The first kappa shape index (κ1) is 16.2. The zero-order valence-corrected chi connectivity index (χ0v) is 13.3. The monoisotopic (exact) mass is 313 g/mol. The number of hydrogen-bond acceptors (Lipinski definition) is 5. The van der Waals surface area contributed by atoms with E-state index in [9.17, 15) is 13.5 Å². The smallest absolute Gasteiger partial charge is 0.212 e. The molecular formula is C15H23NO4S. The first-order chi connectivity index (χ1) is 9.90. The minimum Gasteiger partial charge on any atom is -0.481 e. The maximum absolute atomic E-state index is 11.7. The van der Waals surface area contributed by atoms with Crippen molar-refractivity contribution in [2.24, 2.45) is 5.92 Å². The fraction of sp³-hybridized carbons (Fsp3) is 0.667. The minimum atomic E-state index is -3.01. The van der Waals surface area contributed by atoms with Gasteiger partial charge in [0.15, 0.2) is 0 Å². The van der Waals surface area contributed by atoms with E-state index < -0.39 is 15.9 Å². The van der Waals surface area contributed by atoms with Gasteiger partial charge in [0.1, 0.15) is 9.84 Å². The topological polar surface area (TPSA) is 76.5 Å². The van der Waals surface area contributed by atoms with Crippen LogP contribution in [0.2, 0.25) is 0 Å². The second kappa shape index (κ2) is 6.75. The summed E-state index contributed by atoms with van der Waals surface area (Å²) in [7, 11) is -1.45. The Morgan fingerprint density at radius 3 is 2.76 bits per heavy atom. The van der Waals surface area contributed by atoms with Crippen molar-refractivity contribution in [3.63, 3.8) is 0 Å². The van der Waals surface area contributed by atoms with Gasteiger partial charge in [-0.15, -0.1) is 0 Å². The van der Waals surface area contributed by atoms with E-state index >= 15 is 0 Å². The average molecular weight is 313 g/mol. The van der Waals surface area contributed by atoms with E-state index in [1.807, 2.05) is 6.07 Å². The zero-order chi connectivity index (χ0) is 15.5. The number of hydrogen-bond donors (Lipinski definition) is 1. The van der Waals surface area contributed by atoms with Crippen molar-refractivity contribution in [3.8, 4) is 5.88 Å². The highest BCUT2D eigenvalue weighted by atomic mass is 32.2. The number of pyridine rings is 1. The summed E-state index contributed by atoms with van der Waals surface area (Å²) in [6.07, 6.45) is 5.98. The van der Waals surface area contributed by atoms with Gasteiger partial charge in [0.25, 0.3) is 0 Å². The third-order valence-corrected chi connectivity index (χ3v) is 5.91. The van der Waals surface area contributed by atoms with Crippen molar-refractivity contribution in [1.29, 1.82) is 0 Å². The summed E-state index contributed by atoms with van der Waals surface area (Å²) in [6, 6.07) is 3.65.